The lowest BCUT2D eigenvalue weighted by atomic mass is 10.0. The Morgan fingerprint density at radius 3 is 2.30 bits per heavy atom. The van der Waals surface area contributed by atoms with E-state index in [2.05, 4.69) is 0 Å². The van der Waals surface area contributed by atoms with Crippen molar-refractivity contribution in [1.82, 2.24) is 0 Å². The van der Waals surface area contributed by atoms with Crippen molar-refractivity contribution in [1.29, 1.82) is 0 Å². The minimum Gasteiger partial charge on any atom is -0.497 e. The van der Waals surface area contributed by atoms with Crippen molar-refractivity contribution in [2.24, 2.45) is 0 Å². The fourth-order valence-electron chi connectivity index (χ4n) is 1.92. The van der Waals surface area contributed by atoms with E-state index in [0.717, 1.165) is 5.75 Å². The van der Waals surface area contributed by atoms with Crippen LogP contribution in [0, 0.1) is 5.82 Å². The third-order valence-electron chi connectivity index (χ3n) is 3.08. The zero-order chi connectivity index (χ0) is 14.4. The summed E-state index contributed by atoms with van der Waals surface area (Å²) in [5, 5.41) is 9.40. The van der Waals surface area contributed by atoms with Gasteiger partial charge in [0.05, 0.1) is 20.3 Å². The summed E-state index contributed by atoms with van der Waals surface area (Å²) in [5.74, 6) is 0.675. The molecular formula is C16H17FO3. The summed E-state index contributed by atoms with van der Waals surface area (Å²) in [6, 6.07) is 13.5. The van der Waals surface area contributed by atoms with Crippen LogP contribution in [0.2, 0.25) is 0 Å². The molecule has 0 spiro atoms. The molecule has 0 fully saturated rings. The summed E-state index contributed by atoms with van der Waals surface area (Å²) in [7, 11) is 1.59. The van der Waals surface area contributed by atoms with Gasteiger partial charge in [-0.05, 0) is 35.9 Å². The molecule has 2 aromatic rings. The van der Waals surface area contributed by atoms with Gasteiger partial charge < -0.3 is 14.6 Å². The number of hydrogen-bond acceptors (Lipinski definition) is 3. The lowest BCUT2D eigenvalue weighted by molar-refractivity contribution is 0.202. The first-order chi connectivity index (χ1) is 9.74. The van der Waals surface area contributed by atoms with E-state index in [0.29, 0.717) is 11.3 Å². The number of rotatable bonds is 6. The van der Waals surface area contributed by atoms with Gasteiger partial charge in [-0.3, -0.25) is 0 Å². The first-order valence-corrected chi connectivity index (χ1v) is 6.36. The van der Waals surface area contributed by atoms with Gasteiger partial charge in [-0.1, -0.05) is 18.2 Å². The van der Waals surface area contributed by atoms with E-state index in [-0.39, 0.29) is 19.0 Å². The number of aliphatic hydroxyl groups excluding tert-OH is 1. The van der Waals surface area contributed by atoms with Crippen molar-refractivity contribution < 1.29 is 19.0 Å². The summed E-state index contributed by atoms with van der Waals surface area (Å²) in [5.41, 5.74) is 0.462. The second-order valence-corrected chi connectivity index (χ2v) is 4.39. The number of ether oxygens (including phenoxy) is 2. The molecular weight excluding hydrogens is 259 g/mol. The van der Waals surface area contributed by atoms with E-state index in [4.69, 9.17) is 9.47 Å². The first kappa shape index (κ1) is 14.3. The van der Waals surface area contributed by atoms with Crippen molar-refractivity contribution in [3.8, 4) is 11.5 Å². The number of hydrogen-bond donors (Lipinski definition) is 1. The smallest absolute Gasteiger partial charge is 0.126 e. The quantitative estimate of drug-likeness (QED) is 0.881. The van der Waals surface area contributed by atoms with Gasteiger partial charge in [0.15, 0.2) is 0 Å². The molecule has 20 heavy (non-hydrogen) atoms. The maximum atomic E-state index is 13.7. The summed E-state index contributed by atoms with van der Waals surface area (Å²) >= 11 is 0. The zero-order valence-electron chi connectivity index (χ0n) is 11.3. The fourth-order valence-corrected chi connectivity index (χ4v) is 1.92. The Morgan fingerprint density at radius 1 is 1.05 bits per heavy atom. The predicted octanol–water partition coefficient (Wildman–Crippen LogP) is 2.99. The van der Waals surface area contributed by atoms with Gasteiger partial charge in [0.2, 0.25) is 0 Å². The Hall–Kier alpha value is -2.07. The maximum absolute atomic E-state index is 13.7. The largest absolute Gasteiger partial charge is 0.497 e. The van der Waals surface area contributed by atoms with Crippen LogP contribution in [0.4, 0.5) is 4.39 Å². The van der Waals surface area contributed by atoms with E-state index in [1.54, 1.807) is 49.6 Å². The van der Waals surface area contributed by atoms with Crippen LogP contribution >= 0.6 is 0 Å². The van der Waals surface area contributed by atoms with E-state index in [9.17, 15) is 9.50 Å². The average Bonchev–Trinajstić information content (AvgIpc) is 2.50. The third-order valence-corrected chi connectivity index (χ3v) is 3.08. The van der Waals surface area contributed by atoms with E-state index >= 15 is 0 Å². The summed E-state index contributed by atoms with van der Waals surface area (Å²) in [6.45, 7) is 0.0425. The molecule has 0 aliphatic heterocycles. The molecule has 0 aromatic heterocycles. The van der Waals surface area contributed by atoms with Crippen molar-refractivity contribution in [3.63, 3.8) is 0 Å². The fraction of sp³-hybridized carbons (Fsp3) is 0.250. The van der Waals surface area contributed by atoms with Gasteiger partial charge in [-0.25, -0.2) is 4.39 Å². The molecule has 0 saturated carbocycles. The van der Waals surface area contributed by atoms with Crippen LogP contribution in [0.1, 0.15) is 11.5 Å². The molecule has 0 heterocycles. The van der Waals surface area contributed by atoms with Gasteiger partial charge in [-0.2, -0.15) is 0 Å². The maximum Gasteiger partial charge on any atom is 0.126 e. The molecule has 3 nitrogen and oxygen atoms in total. The van der Waals surface area contributed by atoms with Gasteiger partial charge in [0.25, 0.3) is 0 Å². The highest BCUT2D eigenvalue weighted by Gasteiger charge is 2.15. The molecule has 1 atom stereocenters. The summed E-state index contributed by atoms with van der Waals surface area (Å²) < 4.78 is 24.3. The van der Waals surface area contributed by atoms with Crippen LogP contribution < -0.4 is 9.47 Å². The molecule has 106 valence electrons. The topological polar surface area (TPSA) is 38.7 Å². The SMILES string of the molecule is COc1ccc(OCC(CO)c2ccccc2F)cc1. The van der Waals surface area contributed by atoms with Gasteiger partial charge in [0.1, 0.15) is 17.3 Å². The monoisotopic (exact) mass is 276 g/mol. The lowest BCUT2D eigenvalue weighted by Crippen LogP contribution is -2.15. The number of methoxy groups -OCH3 is 1. The molecule has 0 saturated heterocycles. The third kappa shape index (κ3) is 3.48. The Labute approximate surface area is 117 Å². The normalized spacial score (nSPS) is 11.9. The molecule has 2 aromatic carbocycles. The number of aliphatic hydroxyl groups is 1. The molecule has 0 amide bonds. The van der Waals surface area contributed by atoms with Gasteiger partial charge in [0, 0.05) is 5.92 Å². The highest BCUT2D eigenvalue weighted by molar-refractivity contribution is 5.31. The van der Waals surface area contributed by atoms with E-state index in [1.807, 2.05) is 0 Å². The lowest BCUT2D eigenvalue weighted by Gasteiger charge is -2.16. The summed E-state index contributed by atoms with van der Waals surface area (Å²) in [6.07, 6.45) is 0. The Bertz CT molecular complexity index is 540. The van der Waals surface area contributed by atoms with Crippen molar-refractivity contribution in [2.45, 2.75) is 5.92 Å². The predicted molar refractivity (Wildman–Crippen MR) is 74.7 cm³/mol. The van der Waals surface area contributed by atoms with Crippen LogP contribution in [-0.4, -0.2) is 25.4 Å². The molecule has 0 aliphatic rings. The highest BCUT2D eigenvalue weighted by atomic mass is 19.1. The summed E-state index contributed by atoms with van der Waals surface area (Å²) in [4.78, 5) is 0. The highest BCUT2D eigenvalue weighted by Crippen LogP contribution is 2.22. The molecule has 1 N–H and O–H groups in total. The Balaban J connectivity index is 2.02. The van der Waals surface area contributed by atoms with Crippen LogP contribution in [0.25, 0.3) is 0 Å². The van der Waals surface area contributed by atoms with Crippen LogP contribution in [0.3, 0.4) is 0 Å². The van der Waals surface area contributed by atoms with Gasteiger partial charge >= 0.3 is 0 Å². The van der Waals surface area contributed by atoms with E-state index < -0.39 is 5.92 Å². The Morgan fingerprint density at radius 2 is 1.70 bits per heavy atom. The van der Waals surface area contributed by atoms with Crippen molar-refractivity contribution >= 4 is 0 Å². The first-order valence-electron chi connectivity index (χ1n) is 6.36. The van der Waals surface area contributed by atoms with Crippen molar-refractivity contribution in [2.75, 3.05) is 20.3 Å². The molecule has 2 rings (SSSR count). The van der Waals surface area contributed by atoms with Gasteiger partial charge in [-0.15, -0.1) is 0 Å². The Kier molecular flexibility index (Phi) is 4.96. The van der Waals surface area contributed by atoms with Crippen LogP contribution in [0.5, 0.6) is 11.5 Å². The molecule has 1 unspecified atom stereocenters. The number of benzene rings is 2. The van der Waals surface area contributed by atoms with Crippen LogP contribution in [0.15, 0.2) is 48.5 Å². The average molecular weight is 276 g/mol. The minimum atomic E-state index is -0.390. The number of halogens is 1. The zero-order valence-corrected chi connectivity index (χ0v) is 11.3. The minimum absolute atomic E-state index is 0.170. The molecule has 0 radical (unpaired) electrons. The van der Waals surface area contributed by atoms with Crippen molar-refractivity contribution in [3.05, 3.63) is 59.9 Å². The molecule has 0 aliphatic carbocycles. The van der Waals surface area contributed by atoms with E-state index in [1.165, 1.54) is 6.07 Å². The molecule has 4 heteroatoms. The standard InChI is InChI=1S/C16H17FO3/c1-19-13-6-8-14(9-7-13)20-11-12(10-18)15-4-2-3-5-16(15)17/h2-9,12,18H,10-11H2,1H3. The second kappa shape index (κ2) is 6.91. The molecule has 0 bridgehead atoms. The second-order valence-electron chi connectivity index (χ2n) is 4.39. The van der Waals surface area contributed by atoms with Crippen LogP contribution in [-0.2, 0) is 0 Å².